The highest BCUT2D eigenvalue weighted by Crippen LogP contribution is 2.17. The van der Waals surface area contributed by atoms with E-state index in [2.05, 4.69) is 19.2 Å². The van der Waals surface area contributed by atoms with Gasteiger partial charge in [0.1, 0.15) is 0 Å². The van der Waals surface area contributed by atoms with Gasteiger partial charge in [-0.1, -0.05) is 276 Å². The van der Waals surface area contributed by atoms with Crippen LogP contribution < -0.4 is 5.32 Å². The van der Waals surface area contributed by atoms with Crippen LogP contribution >= 0.6 is 0 Å². The van der Waals surface area contributed by atoms with Gasteiger partial charge in [0.25, 0.3) is 0 Å². The lowest BCUT2D eigenvalue weighted by atomic mass is 10.0. The van der Waals surface area contributed by atoms with Crippen molar-refractivity contribution in [3.63, 3.8) is 0 Å². The van der Waals surface area contributed by atoms with Crippen molar-refractivity contribution in [3.8, 4) is 0 Å². The minimum Gasteiger partial charge on any atom is -0.394 e. The van der Waals surface area contributed by atoms with E-state index >= 15 is 0 Å². The Morgan fingerprint density at radius 1 is 0.418 bits per heavy atom. The molecule has 2 atom stereocenters. The number of aliphatic hydroxyl groups is 2. The molecule has 0 saturated carbocycles. The van der Waals surface area contributed by atoms with Gasteiger partial charge in [-0.05, 0) is 19.3 Å². The van der Waals surface area contributed by atoms with Crippen LogP contribution in [0.2, 0.25) is 0 Å². The van der Waals surface area contributed by atoms with Gasteiger partial charge in [-0.25, -0.2) is 0 Å². The maximum Gasteiger partial charge on any atom is 0.220 e. The smallest absolute Gasteiger partial charge is 0.220 e. The van der Waals surface area contributed by atoms with Crippen LogP contribution in [0.25, 0.3) is 0 Å². The van der Waals surface area contributed by atoms with E-state index in [1.54, 1.807) is 6.08 Å². The van der Waals surface area contributed by atoms with Gasteiger partial charge < -0.3 is 15.5 Å². The van der Waals surface area contributed by atoms with Gasteiger partial charge in [-0.2, -0.15) is 0 Å². The van der Waals surface area contributed by atoms with Gasteiger partial charge >= 0.3 is 0 Å². The van der Waals surface area contributed by atoms with Crippen LogP contribution in [0.4, 0.5) is 0 Å². The van der Waals surface area contributed by atoms with Crippen LogP contribution in [-0.2, 0) is 4.79 Å². The Kier molecular flexibility index (Phi) is 46.8. The minimum atomic E-state index is -0.834. The predicted octanol–water partition coefficient (Wildman–Crippen LogP) is 16.2. The number of unbranched alkanes of at least 4 members (excludes halogenated alkanes) is 40. The predicted molar refractivity (Wildman–Crippen MR) is 244 cm³/mol. The average Bonchev–Trinajstić information content (AvgIpc) is 3.19. The number of hydrogen-bond donors (Lipinski definition) is 3. The zero-order chi connectivity index (χ0) is 40.0. The Morgan fingerprint density at radius 2 is 0.673 bits per heavy atom. The lowest BCUT2D eigenvalue weighted by molar-refractivity contribution is -0.123. The van der Waals surface area contributed by atoms with E-state index in [0.717, 1.165) is 25.7 Å². The molecule has 0 saturated heterocycles. The summed E-state index contributed by atoms with van der Waals surface area (Å²) in [7, 11) is 0. The molecular formula is C51H101NO3. The molecule has 0 heterocycles. The minimum absolute atomic E-state index is 0.0574. The van der Waals surface area contributed by atoms with Crippen molar-refractivity contribution in [1.82, 2.24) is 5.32 Å². The molecule has 0 rings (SSSR count). The van der Waals surface area contributed by atoms with Gasteiger partial charge in [-0.15, -0.1) is 0 Å². The van der Waals surface area contributed by atoms with Crippen LogP contribution in [0.1, 0.15) is 290 Å². The van der Waals surface area contributed by atoms with Crippen molar-refractivity contribution >= 4 is 5.91 Å². The zero-order valence-corrected chi connectivity index (χ0v) is 37.7. The number of carbonyl (C=O) groups is 1. The molecule has 0 aliphatic heterocycles. The standard InChI is InChI=1S/C51H101NO3/c1-3-5-7-9-11-13-15-17-19-21-22-23-24-25-26-27-28-29-30-31-33-35-37-39-41-43-45-47-51(55)52-49(48-53)50(54)46-44-42-40-38-36-34-32-20-18-16-14-12-10-8-6-4-2/h44,46,49-50,53-54H,3-43,45,47-48H2,1-2H3,(H,52,55)/b46-44+. The molecule has 0 fully saturated rings. The van der Waals surface area contributed by atoms with E-state index < -0.39 is 12.1 Å². The summed E-state index contributed by atoms with van der Waals surface area (Å²) in [4.78, 5) is 12.4. The molecule has 4 heteroatoms. The molecule has 55 heavy (non-hydrogen) atoms. The number of carbonyl (C=O) groups excluding carboxylic acids is 1. The Hall–Kier alpha value is -0.870. The van der Waals surface area contributed by atoms with Crippen molar-refractivity contribution < 1.29 is 15.0 Å². The van der Waals surface area contributed by atoms with Gasteiger partial charge in [0.15, 0.2) is 0 Å². The molecule has 0 aromatic rings. The molecule has 4 nitrogen and oxygen atoms in total. The van der Waals surface area contributed by atoms with E-state index in [0.29, 0.717) is 6.42 Å². The second kappa shape index (κ2) is 47.5. The number of aliphatic hydroxyl groups excluding tert-OH is 2. The van der Waals surface area contributed by atoms with Crippen LogP contribution in [0, 0.1) is 0 Å². The highest BCUT2D eigenvalue weighted by Gasteiger charge is 2.18. The fourth-order valence-electron chi connectivity index (χ4n) is 8.12. The maximum atomic E-state index is 12.4. The summed E-state index contributed by atoms with van der Waals surface area (Å²) < 4.78 is 0. The van der Waals surface area contributed by atoms with Crippen molar-refractivity contribution in [2.75, 3.05) is 6.61 Å². The van der Waals surface area contributed by atoms with Crippen molar-refractivity contribution in [3.05, 3.63) is 12.2 Å². The number of amides is 1. The van der Waals surface area contributed by atoms with Crippen molar-refractivity contribution in [2.24, 2.45) is 0 Å². The Balaban J connectivity index is 3.44. The first-order valence-corrected chi connectivity index (χ1v) is 25.4. The fraction of sp³-hybridized carbons (Fsp3) is 0.941. The third-order valence-electron chi connectivity index (χ3n) is 12.0. The largest absolute Gasteiger partial charge is 0.394 e. The molecule has 0 bridgehead atoms. The third kappa shape index (κ3) is 44.1. The Labute approximate surface area is 346 Å². The van der Waals surface area contributed by atoms with E-state index in [4.69, 9.17) is 0 Å². The summed E-state index contributed by atoms with van der Waals surface area (Å²) in [6.07, 6.45) is 60.7. The molecule has 0 aliphatic carbocycles. The molecule has 2 unspecified atom stereocenters. The Morgan fingerprint density at radius 3 is 0.945 bits per heavy atom. The summed E-state index contributed by atoms with van der Waals surface area (Å²) in [6.45, 7) is 4.34. The summed E-state index contributed by atoms with van der Waals surface area (Å²) in [5, 5.41) is 23.1. The Bertz CT molecular complexity index is 754. The number of rotatable bonds is 47. The first-order chi connectivity index (χ1) is 27.2. The van der Waals surface area contributed by atoms with E-state index in [9.17, 15) is 15.0 Å². The second-order valence-corrected chi connectivity index (χ2v) is 17.6. The van der Waals surface area contributed by atoms with Crippen molar-refractivity contribution in [2.45, 2.75) is 302 Å². The van der Waals surface area contributed by atoms with Crippen LogP contribution in [-0.4, -0.2) is 34.9 Å². The summed E-state index contributed by atoms with van der Waals surface area (Å²) in [5.41, 5.74) is 0. The number of allylic oxidation sites excluding steroid dienone is 1. The van der Waals surface area contributed by atoms with Crippen LogP contribution in [0.15, 0.2) is 12.2 Å². The fourth-order valence-corrected chi connectivity index (χ4v) is 8.12. The monoisotopic (exact) mass is 776 g/mol. The summed E-state index contributed by atoms with van der Waals surface area (Å²) >= 11 is 0. The second-order valence-electron chi connectivity index (χ2n) is 17.6. The molecule has 3 N–H and O–H groups in total. The molecular weight excluding hydrogens is 675 g/mol. The van der Waals surface area contributed by atoms with Gasteiger partial charge in [-0.3, -0.25) is 4.79 Å². The summed E-state index contributed by atoms with van der Waals surface area (Å²) in [5.74, 6) is -0.0574. The van der Waals surface area contributed by atoms with Crippen LogP contribution in [0.5, 0.6) is 0 Å². The molecule has 328 valence electrons. The lowest BCUT2D eigenvalue weighted by Crippen LogP contribution is -2.45. The normalized spacial score (nSPS) is 12.9. The van der Waals surface area contributed by atoms with Gasteiger partial charge in [0.05, 0.1) is 18.8 Å². The number of nitrogens with one attached hydrogen (secondary N) is 1. The molecule has 0 spiro atoms. The number of hydrogen-bond acceptors (Lipinski definition) is 3. The van der Waals surface area contributed by atoms with Crippen molar-refractivity contribution in [1.29, 1.82) is 0 Å². The molecule has 1 amide bonds. The van der Waals surface area contributed by atoms with Gasteiger partial charge in [0, 0.05) is 6.42 Å². The molecule has 0 aromatic heterocycles. The topological polar surface area (TPSA) is 69.6 Å². The quantitative estimate of drug-likeness (QED) is 0.0426. The SMILES string of the molecule is CCCCCCCCCCCCCCCC/C=C/C(O)C(CO)NC(=O)CCCCCCCCCCCCCCCCCCCCCCCCCCCCC. The molecule has 0 aromatic carbocycles. The lowest BCUT2D eigenvalue weighted by Gasteiger charge is -2.20. The first kappa shape index (κ1) is 54.1. The zero-order valence-electron chi connectivity index (χ0n) is 37.7. The maximum absolute atomic E-state index is 12.4. The molecule has 0 radical (unpaired) electrons. The van der Waals surface area contributed by atoms with Gasteiger partial charge in [0.2, 0.25) is 5.91 Å². The van der Waals surface area contributed by atoms with Crippen LogP contribution in [0.3, 0.4) is 0 Å². The highest BCUT2D eigenvalue weighted by atomic mass is 16.3. The first-order valence-electron chi connectivity index (χ1n) is 25.4. The van der Waals surface area contributed by atoms with E-state index in [1.165, 1.54) is 244 Å². The molecule has 0 aliphatic rings. The summed E-state index contributed by atoms with van der Waals surface area (Å²) in [6, 6.07) is -0.617. The van der Waals surface area contributed by atoms with E-state index in [-0.39, 0.29) is 12.5 Å². The highest BCUT2D eigenvalue weighted by molar-refractivity contribution is 5.76. The average molecular weight is 776 g/mol. The van der Waals surface area contributed by atoms with E-state index in [1.807, 2.05) is 6.08 Å². The third-order valence-corrected chi connectivity index (χ3v) is 12.0.